The highest BCUT2D eigenvalue weighted by Gasteiger charge is 2.12. The molecule has 1 heterocycles. The Morgan fingerprint density at radius 2 is 1.80 bits per heavy atom. The topological polar surface area (TPSA) is 6.48 Å². The van der Waals surface area contributed by atoms with Crippen molar-refractivity contribution in [2.24, 2.45) is 0 Å². The van der Waals surface area contributed by atoms with Gasteiger partial charge in [0.25, 0.3) is 0 Å². The van der Waals surface area contributed by atoms with Gasteiger partial charge in [-0.1, -0.05) is 43.8 Å². The minimum Gasteiger partial charge on any atom is -0.371 e. The van der Waals surface area contributed by atoms with Crippen LogP contribution in [0.15, 0.2) is 43.1 Å². The van der Waals surface area contributed by atoms with Gasteiger partial charge in [0.2, 0.25) is 0 Å². The standard InChI is InChI=1S/C13H19N.C5H11N/c1-4-13(14(5-2)6-3)12-10-8-7-9-11-12;1-6-4-2-3-5-6/h5,7-11,13H,2,4,6H2,1,3H3;2-5H2,1H3. The Balaban J connectivity index is 0.000000276. The van der Waals surface area contributed by atoms with Crippen LogP contribution < -0.4 is 0 Å². The average molecular weight is 274 g/mol. The molecule has 0 bridgehead atoms. The fourth-order valence-electron chi connectivity index (χ4n) is 2.69. The van der Waals surface area contributed by atoms with Crippen molar-refractivity contribution in [3.05, 3.63) is 48.7 Å². The van der Waals surface area contributed by atoms with E-state index in [1.165, 1.54) is 31.5 Å². The molecule has 0 N–H and O–H groups in total. The van der Waals surface area contributed by atoms with Crippen molar-refractivity contribution in [1.82, 2.24) is 9.80 Å². The van der Waals surface area contributed by atoms with E-state index in [0.717, 1.165) is 13.0 Å². The third kappa shape index (κ3) is 5.38. The van der Waals surface area contributed by atoms with Crippen LogP contribution in [-0.2, 0) is 0 Å². The van der Waals surface area contributed by atoms with Crippen molar-refractivity contribution >= 4 is 0 Å². The number of hydrogen-bond acceptors (Lipinski definition) is 2. The summed E-state index contributed by atoms with van der Waals surface area (Å²) in [4.78, 5) is 4.63. The highest BCUT2D eigenvalue weighted by atomic mass is 15.1. The highest BCUT2D eigenvalue weighted by Crippen LogP contribution is 2.23. The molecule has 0 radical (unpaired) electrons. The van der Waals surface area contributed by atoms with E-state index in [1.54, 1.807) is 0 Å². The van der Waals surface area contributed by atoms with E-state index >= 15 is 0 Å². The lowest BCUT2D eigenvalue weighted by atomic mass is 10.0. The Morgan fingerprint density at radius 3 is 2.15 bits per heavy atom. The molecular weight excluding hydrogens is 244 g/mol. The fraction of sp³-hybridized carbons (Fsp3) is 0.556. The number of hydrogen-bond donors (Lipinski definition) is 0. The minimum atomic E-state index is 0.471. The highest BCUT2D eigenvalue weighted by molar-refractivity contribution is 5.19. The van der Waals surface area contributed by atoms with Gasteiger partial charge in [0, 0.05) is 6.54 Å². The van der Waals surface area contributed by atoms with Crippen molar-refractivity contribution in [2.45, 2.75) is 39.2 Å². The third-order valence-electron chi connectivity index (χ3n) is 3.90. The maximum atomic E-state index is 3.85. The Bertz CT molecular complexity index is 355. The van der Waals surface area contributed by atoms with Crippen molar-refractivity contribution < 1.29 is 0 Å². The number of benzene rings is 1. The first-order valence-electron chi connectivity index (χ1n) is 7.84. The van der Waals surface area contributed by atoms with Gasteiger partial charge in [-0.3, -0.25) is 0 Å². The summed E-state index contributed by atoms with van der Waals surface area (Å²) in [7, 11) is 2.17. The summed E-state index contributed by atoms with van der Waals surface area (Å²) < 4.78 is 0. The zero-order valence-electron chi connectivity index (χ0n) is 13.4. The molecule has 1 aromatic carbocycles. The lowest BCUT2D eigenvalue weighted by Crippen LogP contribution is -2.22. The van der Waals surface area contributed by atoms with Crippen LogP contribution in [0.4, 0.5) is 0 Å². The summed E-state index contributed by atoms with van der Waals surface area (Å²) in [6.07, 6.45) is 5.87. The van der Waals surface area contributed by atoms with E-state index < -0.39 is 0 Å². The summed E-state index contributed by atoms with van der Waals surface area (Å²) in [6.45, 7) is 11.9. The van der Waals surface area contributed by atoms with Crippen LogP contribution in [0.2, 0.25) is 0 Å². The normalized spacial score (nSPS) is 16.1. The van der Waals surface area contributed by atoms with Gasteiger partial charge in [0.05, 0.1) is 6.04 Å². The van der Waals surface area contributed by atoms with Gasteiger partial charge in [-0.15, -0.1) is 0 Å². The van der Waals surface area contributed by atoms with Crippen molar-refractivity contribution in [3.8, 4) is 0 Å². The monoisotopic (exact) mass is 274 g/mol. The van der Waals surface area contributed by atoms with Crippen LogP contribution >= 0.6 is 0 Å². The molecule has 1 aliphatic heterocycles. The van der Waals surface area contributed by atoms with Crippen LogP contribution in [-0.4, -0.2) is 36.5 Å². The van der Waals surface area contributed by atoms with Crippen LogP contribution in [0.1, 0.15) is 44.7 Å². The average Bonchev–Trinajstić information content (AvgIpc) is 2.97. The first kappa shape index (κ1) is 16.8. The molecule has 0 aromatic heterocycles. The molecule has 1 fully saturated rings. The SMILES string of the molecule is C=CN(CC)C(CC)c1ccccc1.CN1CCCC1. The van der Waals surface area contributed by atoms with Crippen LogP contribution in [0.3, 0.4) is 0 Å². The molecule has 2 rings (SSSR count). The molecule has 1 aliphatic rings. The lowest BCUT2D eigenvalue weighted by molar-refractivity contribution is 0.287. The smallest absolute Gasteiger partial charge is 0.0533 e. The molecule has 2 nitrogen and oxygen atoms in total. The van der Waals surface area contributed by atoms with E-state index in [1.807, 2.05) is 6.20 Å². The van der Waals surface area contributed by atoms with Gasteiger partial charge >= 0.3 is 0 Å². The summed E-state index contributed by atoms with van der Waals surface area (Å²) in [5, 5.41) is 0. The molecule has 20 heavy (non-hydrogen) atoms. The molecule has 0 spiro atoms. The molecule has 1 unspecified atom stereocenters. The van der Waals surface area contributed by atoms with Gasteiger partial charge in [-0.05, 0) is 58.1 Å². The third-order valence-corrected chi connectivity index (χ3v) is 3.90. The van der Waals surface area contributed by atoms with Crippen LogP contribution in [0.25, 0.3) is 0 Å². The Hall–Kier alpha value is -1.28. The predicted octanol–water partition coefficient (Wildman–Crippen LogP) is 4.32. The fourth-order valence-corrected chi connectivity index (χ4v) is 2.69. The van der Waals surface area contributed by atoms with Gasteiger partial charge in [0.15, 0.2) is 0 Å². The quantitative estimate of drug-likeness (QED) is 0.789. The van der Waals surface area contributed by atoms with E-state index in [2.05, 4.69) is 67.6 Å². The second kappa shape index (κ2) is 9.60. The molecule has 2 heteroatoms. The Morgan fingerprint density at radius 1 is 1.20 bits per heavy atom. The van der Waals surface area contributed by atoms with Crippen molar-refractivity contribution in [1.29, 1.82) is 0 Å². The van der Waals surface area contributed by atoms with Crippen molar-refractivity contribution in [2.75, 3.05) is 26.7 Å². The molecule has 112 valence electrons. The largest absolute Gasteiger partial charge is 0.371 e. The summed E-state index contributed by atoms with van der Waals surface area (Å²) in [6, 6.07) is 11.1. The van der Waals surface area contributed by atoms with Gasteiger partial charge in [0.1, 0.15) is 0 Å². The maximum Gasteiger partial charge on any atom is 0.0533 e. The molecule has 1 saturated heterocycles. The van der Waals surface area contributed by atoms with E-state index in [9.17, 15) is 0 Å². The lowest BCUT2D eigenvalue weighted by Gasteiger charge is -2.28. The van der Waals surface area contributed by atoms with Gasteiger partial charge in [-0.2, -0.15) is 0 Å². The van der Waals surface area contributed by atoms with E-state index in [4.69, 9.17) is 0 Å². The molecule has 0 aliphatic carbocycles. The Kier molecular flexibility index (Phi) is 8.05. The van der Waals surface area contributed by atoms with Crippen LogP contribution in [0.5, 0.6) is 0 Å². The number of rotatable bonds is 5. The zero-order chi connectivity index (χ0) is 14.8. The van der Waals surface area contributed by atoms with E-state index in [-0.39, 0.29) is 0 Å². The molecule has 0 saturated carbocycles. The predicted molar refractivity (Wildman–Crippen MR) is 88.8 cm³/mol. The maximum absolute atomic E-state index is 3.85. The van der Waals surface area contributed by atoms with Gasteiger partial charge < -0.3 is 9.80 Å². The summed E-state index contributed by atoms with van der Waals surface area (Å²) in [5.41, 5.74) is 1.37. The summed E-state index contributed by atoms with van der Waals surface area (Å²) >= 11 is 0. The molecular formula is C18H30N2. The zero-order valence-corrected chi connectivity index (χ0v) is 13.4. The van der Waals surface area contributed by atoms with Crippen molar-refractivity contribution in [3.63, 3.8) is 0 Å². The Labute approximate surface area is 125 Å². The van der Waals surface area contributed by atoms with E-state index in [0.29, 0.717) is 6.04 Å². The second-order valence-electron chi connectivity index (χ2n) is 5.36. The number of likely N-dealkylation sites (tertiary alicyclic amines) is 1. The first-order chi connectivity index (χ1) is 9.72. The minimum absolute atomic E-state index is 0.471. The van der Waals surface area contributed by atoms with Gasteiger partial charge in [-0.25, -0.2) is 0 Å². The molecule has 1 aromatic rings. The molecule has 1 atom stereocenters. The summed E-state index contributed by atoms with van der Waals surface area (Å²) in [5.74, 6) is 0. The first-order valence-corrected chi connectivity index (χ1v) is 7.84. The number of nitrogens with zero attached hydrogens (tertiary/aromatic N) is 2. The second-order valence-corrected chi connectivity index (χ2v) is 5.36. The molecule has 0 amide bonds. The van der Waals surface area contributed by atoms with Crippen LogP contribution in [0, 0.1) is 0 Å².